The van der Waals surface area contributed by atoms with Crippen LogP contribution in [0.25, 0.3) is 0 Å². The number of aliphatic hydroxyl groups is 1. The third-order valence-electron chi connectivity index (χ3n) is 5.09. The topological polar surface area (TPSA) is 41.9 Å². The monoisotopic (exact) mass is 347 g/mol. The molecule has 1 aliphatic heterocycles. The van der Waals surface area contributed by atoms with Gasteiger partial charge in [0.25, 0.3) is 0 Å². The van der Waals surface area contributed by atoms with E-state index in [1.807, 2.05) is 73.8 Å². The molecule has 132 valence electrons. The first-order valence-corrected chi connectivity index (χ1v) is 8.49. The molecule has 3 aromatic carbocycles. The fraction of sp³-hybridized carbons (Fsp3) is 0.182. The smallest absolute Gasteiger partial charge is 0.151 e. The second-order valence-corrected chi connectivity index (χ2v) is 6.34. The van der Waals surface area contributed by atoms with Gasteiger partial charge in [0, 0.05) is 7.05 Å². The minimum absolute atomic E-state index is 0.636. The maximum Gasteiger partial charge on any atom is 0.151 e. The first kappa shape index (κ1) is 16.5. The average Bonchev–Trinajstić information content (AvgIpc) is 2.71. The first-order chi connectivity index (χ1) is 12.6. The summed E-state index contributed by atoms with van der Waals surface area (Å²) in [4.78, 5) is 2.06. The predicted octanol–water partition coefficient (Wildman–Crippen LogP) is 4.07. The number of anilines is 2. The van der Waals surface area contributed by atoms with E-state index >= 15 is 0 Å². The molecule has 0 aliphatic carbocycles. The molecule has 0 bridgehead atoms. The second-order valence-electron chi connectivity index (χ2n) is 6.34. The Kier molecular flexibility index (Phi) is 3.85. The molecule has 0 amide bonds. The molecule has 0 radical (unpaired) electrons. The summed E-state index contributed by atoms with van der Waals surface area (Å²) < 4.78 is 11.3. The van der Waals surface area contributed by atoms with Crippen molar-refractivity contribution in [3.8, 4) is 11.5 Å². The molecule has 4 nitrogen and oxygen atoms in total. The van der Waals surface area contributed by atoms with Crippen LogP contribution in [0.3, 0.4) is 0 Å². The van der Waals surface area contributed by atoms with Crippen LogP contribution in [0.2, 0.25) is 0 Å². The number of benzene rings is 3. The Bertz CT molecular complexity index is 897. The SMILES string of the molecule is COc1cccc2c1C(O)(c1ccccc1)c1c(OC)cccc1N2C. The Labute approximate surface area is 153 Å². The van der Waals surface area contributed by atoms with Crippen molar-refractivity contribution in [2.45, 2.75) is 5.60 Å². The maximum atomic E-state index is 12.2. The lowest BCUT2D eigenvalue weighted by Gasteiger charge is -2.42. The van der Waals surface area contributed by atoms with Gasteiger partial charge in [-0.15, -0.1) is 0 Å². The zero-order valence-corrected chi connectivity index (χ0v) is 15.1. The molecule has 0 unspecified atom stereocenters. The van der Waals surface area contributed by atoms with Gasteiger partial charge < -0.3 is 19.5 Å². The molecule has 3 aromatic rings. The molecule has 0 atom stereocenters. The molecule has 4 rings (SSSR count). The molecule has 1 aliphatic rings. The summed E-state index contributed by atoms with van der Waals surface area (Å²) in [6, 6.07) is 21.3. The van der Waals surface area contributed by atoms with Crippen molar-refractivity contribution in [2.24, 2.45) is 0 Å². The van der Waals surface area contributed by atoms with Crippen molar-refractivity contribution in [3.05, 3.63) is 83.4 Å². The number of hydrogen-bond acceptors (Lipinski definition) is 4. The standard InChI is InChI=1S/C22H21NO3/c1-23-16-11-7-13-18(25-2)20(16)22(24,15-9-5-4-6-10-15)21-17(23)12-8-14-19(21)26-3/h4-14,24H,1-3H3. The van der Waals surface area contributed by atoms with Crippen LogP contribution in [-0.2, 0) is 5.60 Å². The van der Waals surface area contributed by atoms with E-state index < -0.39 is 5.60 Å². The molecule has 0 aromatic heterocycles. The van der Waals surface area contributed by atoms with E-state index in [0.717, 1.165) is 16.9 Å². The van der Waals surface area contributed by atoms with Gasteiger partial charge in [0.05, 0.1) is 36.7 Å². The van der Waals surface area contributed by atoms with Crippen molar-refractivity contribution in [1.82, 2.24) is 0 Å². The lowest BCUT2D eigenvalue weighted by atomic mass is 9.75. The number of nitrogens with zero attached hydrogens (tertiary/aromatic N) is 1. The molecule has 1 heterocycles. The highest BCUT2D eigenvalue weighted by Crippen LogP contribution is 2.55. The number of ether oxygens (including phenoxy) is 2. The number of rotatable bonds is 3. The van der Waals surface area contributed by atoms with E-state index in [1.54, 1.807) is 14.2 Å². The highest BCUT2D eigenvalue weighted by molar-refractivity contribution is 5.83. The van der Waals surface area contributed by atoms with Gasteiger partial charge in [-0.3, -0.25) is 0 Å². The molecular weight excluding hydrogens is 326 g/mol. The van der Waals surface area contributed by atoms with Crippen molar-refractivity contribution >= 4 is 11.4 Å². The Hall–Kier alpha value is -2.98. The largest absolute Gasteiger partial charge is 0.496 e. The van der Waals surface area contributed by atoms with Crippen LogP contribution >= 0.6 is 0 Å². The van der Waals surface area contributed by atoms with Gasteiger partial charge in [0.15, 0.2) is 5.60 Å². The van der Waals surface area contributed by atoms with E-state index in [4.69, 9.17) is 9.47 Å². The third kappa shape index (κ3) is 2.12. The van der Waals surface area contributed by atoms with Crippen LogP contribution in [-0.4, -0.2) is 26.4 Å². The first-order valence-electron chi connectivity index (χ1n) is 8.49. The number of fused-ring (bicyclic) bond motifs is 2. The quantitative estimate of drug-likeness (QED) is 0.775. The summed E-state index contributed by atoms with van der Waals surface area (Å²) in [6.07, 6.45) is 0. The number of methoxy groups -OCH3 is 2. The molecule has 0 spiro atoms. The van der Waals surface area contributed by atoms with E-state index in [1.165, 1.54) is 0 Å². The highest BCUT2D eigenvalue weighted by atomic mass is 16.5. The van der Waals surface area contributed by atoms with E-state index in [-0.39, 0.29) is 0 Å². The van der Waals surface area contributed by atoms with E-state index in [2.05, 4.69) is 4.90 Å². The van der Waals surface area contributed by atoms with Crippen LogP contribution in [0, 0.1) is 0 Å². The van der Waals surface area contributed by atoms with Crippen molar-refractivity contribution in [3.63, 3.8) is 0 Å². The summed E-state index contributed by atoms with van der Waals surface area (Å²) in [5.74, 6) is 1.27. The van der Waals surface area contributed by atoms with Crippen LogP contribution in [0.5, 0.6) is 11.5 Å². The third-order valence-corrected chi connectivity index (χ3v) is 5.09. The average molecular weight is 347 g/mol. The summed E-state index contributed by atoms with van der Waals surface area (Å²) in [7, 11) is 5.23. The van der Waals surface area contributed by atoms with Gasteiger partial charge >= 0.3 is 0 Å². The van der Waals surface area contributed by atoms with Crippen LogP contribution in [0.4, 0.5) is 11.4 Å². The predicted molar refractivity (Wildman–Crippen MR) is 103 cm³/mol. The maximum absolute atomic E-state index is 12.2. The van der Waals surface area contributed by atoms with Gasteiger partial charge in [0.1, 0.15) is 11.5 Å². The lowest BCUT2D eigenvalue weighted by Crippen LogP contribution is -2.37. The molecular formula is C22H21NO3. The molecule has 26 heavy (non-hydrogen) atoms. The number of hydrogen-bond donors (Lipinski definition) is 1. The molecule has 0 saturated heterocycles. The van der Waals surface area contributed by atoms with Gasteiger partial charge in [-0.05, 0) is 29.8 Å². The van der Waals surface area contributed by atoms with Crippen molar-refractivity contribution in [1.29, 1.82) is 0 Å². The summed E-state index contributed by atoms with van der Waals surface area (Å²) in [5, 5.41) is 12.2. The zero-order chi connectivity index (χ0) is 18.3. The lowest BCUT2D eigenvalue weighted by molar-refractivity contribution is 0.118. The summed E-state index contributed by atoms with van der Waals surface area (Å²) in [6.45, 7) is 0. The zero-order valence-electron chi connectivity index (χ0n) is 15.1. The Morgan fingerprint density at radius 1 is 0.731 bits per heavy atom. The van der Waals surface area contributed by atoms with E-state index in [9.17, 15) is 5.11 Å². The van der Waals surface area contributed by atoms with E-state index in [0.29, 0.717) is 22.6 Å². The van der Waals surface area contributed by atoms with Crippen LogP contribution in [0.15, 0.2) is 66.7 Å². The van der Waals surface area contributed by atoms with Gasteiger partial charge in [0.2, 0.25) is 0 Å². The van der Waals surface area contributed by atoms with Crippen molar-refractivity contribution in [2.75, 3.05) is 26.2 Å². The molecule has 4 heteroatoms. The Balaban J connectivity index is 2.16. The molecule has 1 N–H and O–H groups in total. The highest BCUT2D eigenvalue weighted by Gasteiger charge is 2.46. The summed E-state index contributed by atoms with van der Waals surface area (Å²) in [5.41, 5.74) is 2.61. The fourth-order valence-corrected chi connectivity index (χ4v) is 3.89. The Morgan fingerprint density at radius 3 is 1.69 bits per heavy atom. The van der Waals surface area contributed by atoms with Gasteiger partial charge in [-0.25, -0.2) is 0 Å². The van der Waals surface area contributed by atoms with Gasteiger partial charge in [-0.1, -0.05) is 42.5 Å². The minimum Gasteiger partial charge on any atom is -0.496 e. The van der Waals surface area contributed by atoms with Crippen LogP contribution < -0.4 is 14.4 Å². The normalized spacial score (nSPS) is 14.4. The fourth-order valence-electron chi connectivity index (χ4n) is 3.89. The minimum atomic E-state index is -1.39. The summed E-state index contributed by atoms with van der Waals surface area (Å²) >= 11 is 0. The molecule has 0 fully saturated rings. The second kappa shape index (κ2) is 6.07. The Morgan fingerprint density at radius 2 is 1.23 bits per heavy atom. The molecule has 0 saturated carbocycles. The van der Waals surface area contributed by atoms with Gasteiger partial charge in [-0.2, -0.15) is 0 Å². The van der Waals surface area contributed by atoms with Crippen molar-refractivity contribution < 1.29 is 14.6 Å². The van der Waals surface area contributed by atoms with Crippen LogP contribution in [0.1, 0.15) is 16.7 Å².